The van der Waals surface area contributed by atoms with Crippen molar-refractivity contribution in [3.63, 3.8) is 0 Å². The van der Waals surface area contributed by atoms with Crippen molar-refractivity contribution >= 4 is 23.0 Å². The first-order chi connectivity index (χ1) is 13.8. The minimum Gasteiger partial charge on any atom is -0.396 e. The van der Waals surface area contributed by atoms with E-state index in [0.717, 1.165) is 51.4 Å². The maximum absolute atomic E-state index is 9.29. The molecule has 28 heavy (non-hydrogen) atoms. The summed E-state index contributed by atoms with van der Waals surface area (Å²) in [5.74, 6) is 1.34. The van der Waals surface area contributed by atoms with Crippen LogP contribution >= 0.6 is 11.3 Å². The molecule has 3 N–H and O–H groups in total. The smallest absolute Gasteiger partial charge is 0.191 e. The summed E-state index contributed by atoms with van der Waals surface area (Å²) in [6.07, 6.45) is 3.17. The predicted molar refractivity (Wildman–Crippen MR) is 119 cm³/mol. The fourth-order valence-electron chi connectivity index (χ4n) is 3.46. The highest BCUT2D eigenvalue weighted by Gasteiger charge is 2.18. The van der Waals surface area contributed by atoms with Crippen molar-refractivity contribution in [2.75, 3.05) is 37.7 Å². The molecule has 0 atom stereocenters. The van der Waals surface area contributed by atoms with Crippen LogP contribution < -0.4 is 15.5 Å². The van der Waals surface area contributed by atoms with E-state index in [4.69, 9.17) is 4.99 Å². The quantitative estimate of drug-likeness (QED) is 0.470. The van der Waals surface area contributed by atoms with E-state index in [9.17, 15) is 5.11 Å². The van der Waals surface area contributed by atoms with Crippen molar-refractivity contribution in [3.05, 3.63) is 52.2 Å². The highest BCUT2D eigenvalue weighted by Crippen LogP contribution is 2.23. The number of nitrogens with one attached hydrogen (secondary N) is 2. The normalized spacial score (nSPS) is 15.6. The van der Waals surface area contributed by atoms with E-state index in [1.165, 1.54) is 16.1 Å². The number of hydrogen-bond acceptors (Lipinski definition) is 4. The Balaban J connectivity index is 1.49. The number of aliphatic imine (C=N–C) groups is 1. The number of anilines is 1. The van der Waals surface area contributed by atoms with Crippen LogP contribution in [-0.4, -0.2) is 43.9 Å². The molecule has 2 heterocycles. The van der Waals surface area contributed by atoms with Crippen LogP contribution in [0, 0.1) is 5.92 Å². The van der Waals surface area contributed by atoms with Crippen LogP contribution in [0.2, 0.25) is 0 Å². The Morgan fingerprint density at radius 3 is 2.61 bits per heavy atom. The van der Waals surface area contributed by atoms with Gasteiger partial charge in [-0.1, -0.05) is 18.2 Å². The summed E-state index contributed by atoms with van der Waals surface area (Å²) in [6, 6.07) is 13.0. The fraction of sp³-hybridized carbons (Fsp3) is 0.500. The van der Waals surface area contributed by atoms with Crippen molar-refractivity contribution in [3.8, 4) is 0 Å². The number of piperidine rings is 1. The van der Waals surface area contributed by atoms with Crippen LogP contribution in [0.5, 0.6) is 0 Å². The summed E-state index contributed by atoms with van der Waals surface area (Å²) in [6.45, 7) is 6.87. The van der Waals surface area contributed by atoms with Crippen LogP contribution in [0.25, 0.3) is 0 Å². The minimum atomic E-state index is 0.320. The zero-order chi connectivity index (χ0) is 19.6. The molecule has 0 bridgehead atoms. The van der Waals surface area contributed by atoms with Crippen molar-refractivity contribution in [1.29, 1.82) is 0 Å². The Bertz CT molecular complexity index is 707. The minimum absolute atomic E-state index is 0.320. The van der Waals surface area contributed by atoms with Gasteiger partial charge in [-0.15, -0.1) is 11.3 Å². The lowest BCUT2D eigenvalue weighted by Crippen LogP contribution is -2.38. The molecule has 0 aliphatic carbocycles. The average Bonchev–Trinajstić information content (AvgIpc) is 3.26. The van der Waals surface area contributed by atoms with Crippen molar-refractivity contribution in [2.45, 2.75) is 32.7 Å². The molecule has 6 heteroatoms. The molecule has 0 unspecified atom stereocenters. The Morgan fingerprint density at radius 2 is 1.96 bits per heavy atom. The molecule has 1 fully saturated rings. The summed E-state index contributed by atoms with van der Waals surface area (Å²) in [7, 11) is 0. The summed E-state index contributed by atoms with van der Waals surface area (Å²) < 4.78 is 0. The molecule has 152 valence electrons. The molecule has 1 saturated heterocycles. The predicted octanol–water partition coefficient (Wildman–Crippen LogP) is 3.25. The number of hydrogen-bond donors (Lipinski definition) is 3. The Hall–Kier alpha value is -2.05. The van der Waals surface area contributed by atoms with E-state index in [-0.39, 0.29) is 0 Å². The second kappa shape index (κ2) is 11.1. The van der Waals surface area contributed by atoms with Gasteiger partial charge in [0.1, 0.15) is 0 Å². The summed E-state index contributed by atoms with van der Waals surface area (Å²) in [5.41, 5.74) is 2.48. The number of aliphatic hydroxyl groups is 1. The third-order valence-electron chi connectivity index (χ3n) is 5.18. The number of guanidine groups is 1. The molecular weight excluding hydrogens is 368 g/mol. The molecule has 1 aromatic heterocycles. The molecule has 1 aromatic carbocycles. The van der Waals surface area contributed by atoms with Gasteiger partial charge in [0, 0.05) is 43.4 Å². The van der Waals surface area contributed by atoms with E-state index in [2.05, 4.69) is 64.2 Å². The lowest BCUT2D eigenvalue weighted by molar-refractivity contribution is 0.203. The monoisotopic (exact) mass is 400 g/mol. The maximum Gasteiger partial charge on any atom is 0.191 e. The SMILES string of the molecule is CCNC(=NCc1ccc(N2CCC(CO)CC2)cc1)NCCc1cccs1. The lowest BCUT2D eigenvalue weighted by Gasteiger charge is -2.32. The van der Waals surface area contributed by atoms with Gasteiger partial charge in [-0.2, -0.15) is 0 Å². The van der Waals surface area contributed by atoms with E-state index in [0.29, 0.717) is 19.1 Å². The second-order valence-corrected chi connectivity index (χ2v) is 8.26. The summed E-state index contributed by atoms with van der Waals surface area (Å²) in [5, 5.41) is 18.1. The van der Waals surface area contributed by atoms with Gasteiger partial charge < -0.3 is 20.6 Å². The van der Waals surface area contributed by atoms with Crippen molar-refractivity contribution in [1.82, 2.24) is 10.6 Å². The highest BCUT2D eigenvalue weighted by atomic mass is 32.1. The van der Waals surface area contributed by atoms with Crippen LogP contribution in [0.4, 0.5) is 5.69 Å². The first kappa shape index (κ1) is 20.7. The zero-order valence-corrected chi connectivity index (χ0v) is 17.5. The number of thiophene rings is 1. The molecule has 2 aromatic rings. The van der Waals surface area contributed by atoms with Crippen LogP contribution in [0.1, 0.15) is 30.2 Å². The van der Waals surface area contributed by atoms with Crippen LogP contribution in [0.15, 0.2) is 46.8 Å². The topological polar surface area (TPSA) is 59.9 Å². The Kier molecular flexibility index (Phi) is 8.18. The van der Waals surface area contributed by atoms with Gasteiger partial charge in [0.25, 0.3) is 0 Å². The van der Waals surface area contributed by atoms with Gasteiger partial charge >= 0.3 is 0 Å². The van der Waals surface area contributed by atoms with Crippen LogP contribution in [0.3, 0.4) is 0 Å². The maximum atomic E-state index is 9.29. The first-order valence-corrected chi connectivity index (χ1v) is 11.2. The number of aliphatic hydroxyl groups excluding tert-OH is 1. The molecule has 3 rings (SSSR count). The largest absolute Gasteiger partial charge is 0.396 e. The third kappa shape index (κ3) is 6.24. The molecule has 0 radical (unpaired) electrons. The van der Waals surface area contributed by atoms with E-state index in [1.807, 2.05) is 0 Å². The number of nitrogens with zero attached hydrogens (tertiary/aromatic N) is 2. The Labute approximate surface area is 172 Å². The number of rotatable bonds is 8. The first-order valence-electron chi connectivity index (χ1n) is 10.3. The zero-order valence-electron chi connectivity index (χ0n) is 16.7. The Morgan fingerprint density at radius 1 is 1.18 bits per heavy atom. The molecule has 1 aliphatic heterocycles. The molecule has 0 spiro atoms. The van der Waals surface area contributed by atoms with Gasteiger partial charge in [-0.05, 0) is 61.2 Å². The second-order valence-electron chi connectivity index (χ2n) is 7.23. The van der Waals surface area contributed by atoms with Crippen LogP contribution in [-0.2, 0) is 13.0 Å². The molecule has 0 amide bonds. The molecule has 1 aliphatic rings. The van der Waals surface area contributed by atoms with E-state index >= 15 is 0 Å². The van der Waals surface area contributed by atoms with E-state index in [1.54, 1.807) is 11.3 Å². The lowest BCUT2D eigenvalue weighted by atomic mass is 9.97. The van der Waals surface area contributed by atoms with Crippen molar-refractivity contribution in [2.24, 2.45) is 10.9 Å². The van der Waals surface area contributed by atoms with Gasteiger partial charge in [0.2, 0.25) is 0 Å². The third-order valence-corrected chi connectivity index (χ3v) is 6.12. The molecular formula is C22H32N4OS. The average molecular weight is 401 g/mol. The fourth-order valence-corrected chi connectivity index (χ4v) is 4.17. The van der Waals surface area contributed by atoms with Gasteiger partial charge in [0.15, 0.2) is 5.96 Å². The number of benzene rings is 1. The van der Waals surface area contributed by atoms with Crippen molar-refractivity contribution < 1.29 is 5.11 Å². The van der Waals surface area contributed by atoms with Gasteiger partial charge in [-0.3, -0.25) is 0 Å². The van der Waals surface area contributed by atoms with Gasteiger partial charge in [0.05, 0.1) is 6.54 Å². The molecule has 5 nitrogen and oxygen atoms in total. The summed E-state index contributed by atoms with van der Waals surface area (Å²) >= 11 is 1.80. The molecule has 0 saturated carbocycles. The summed E-state index contributed by atoms with van der Waals surface area (Å²) in [4.78, 5) is 8.52. The highest BCUT2D eigenvalue weighted by molar-refractivity contribution is 7.09. The van der Waals surface area contributed by atoms with E-state index < -0.39 is 0 Å². The standard InChI is InChI=1S/C22H32N4OS/c1-2-23-22(24-12-9-21-4-3-15-28-21)25-16-18-5-7-20(8-6-18)26-13-10-19(17-27)11-14-26/h3-8,15,19,27H,2,9-14,16-17H2,1H3,(H2,23,24,25). The van der Waals surface area contributed by atoms with Gasteiger partial charge in [-0.25, -0.2) is 4.99 Å².